The van der Waals surface area contributed by atoms with Gasteiger partial charge < -0.3 is 10.2 Å². The topological polar surface area (TPSA) is 58.1 Å². The van der Waals surface area contributed by atoms with Crippen LogP contribution in [0.1, 0.15) is 56.6 Å². The molecule has 2 heterocycles. The van der Waals surface area contributed by atoms with Gasteiger partial charge in [0.2, 0.25) is 5.91 Å². The Bertz CT molecular complexity index is 642. The van der Waals surface area contributed by atoms with Gasteiger partial charge in [0, 0.05) is 42.6 Å². The van der Waals surface area contributed by atoms with Gasteiger partial charge in [0.15, 0.2) is 0 Å². The number of nitrogens with zero attached hydrogens (tertiary/aromatic N) is 3. The molecule has 0 aromatic carbocycles. The molecule has 0 spiro atoms. The fraction of sp³-hybridized carbons (Fsp3) is 0.737. The Hall–Kier alpha value is -1.36. The van der Waals surface area contributed by atoms with Crippen LogP contribution in [-0.4, -0.2) is 35.0 Å². The van der Waals surface area contributed by atoms with Gasteiger partial charge >= 0.3 is 0 Å². The van der Waals surface area contributed by atoms with Gasteiger partial charge in [-0.15, -0.1) is 12.4 Å². The van der Waals surface area contributed by atoms with Crippen LogP contribution in [0.2, 0.25) is 0 Å². The first-order valence-corrected chi connectivity index (χ1v) is 9.65. The third-order valence-corrected chi connectivity index (χ3v) is 6.39. The van der Waals surface area contributed by atoms with Crippen LogP contribution < -0.4 is 10.2 Å². The highest BCUT2D eigenvalue weighted by atomic mass is 35.5. The molecule has 6 heteroatoms. The Morgan fingerprint density at radius 3 is 2.52 bits per heavy atom. The van der Waals surface area contributed by atoms with E-state index in [1.165, 1.54) is 37.8 Å². The Kier molecular flexibility index (Phi) is 4.61. The first-order chi connectivity index (χ1) is 11.8. The number of carbonyl (C=O) groups excluding carboxylic acids is 1. The second kappa shape index (κ2) is 6.75. The SMILES string of the molecule is Cl.O=C(N[C@H]1CN(c2cc(C3CC3)ncn2)C[C@@H]1C1CC1)C1CCC1. The summed E-state index contributed by atoms with van der Waals surface area (Å²) in [6.07, 6.45) is 10.3. The molecule has 3 aliphatic carbocycles. The van der Waals surface area contributed by atoms with Gasteiger partial charge in [-0.1, -0.05) is 6.42 Å². The average Bonchev–Trinajstić information content (AvgIpc) is 3.43. The molecule has 4 aliphatic rings. The molecule has 0 radical (unpaired) electrons. The van der Waals surface area contributed by atoms with Crippen molar-refractivity contribution < 1.29 is 4.79 Å². The van der Waals surface area contributed by atoms with Crippen molar-refractivity contribution in [2.45, 2.75) is 56.9 Å². The molecule has 136 valence electrons. The fourth-order valence-corrected chi connectivity index (χ4v) is 4.28. The van der Waals surface area contributed by atoms with Crippen LogP contribution >= 0.6 is 12.4 Å². The van der Waals surface area contributed by atoms with Crippen LogP contribution in [-0.2, 0) is 4.79 Å². The lowest BCUT2D eigenvalue weighted by molar-refractivity contribution is -0.128. The summed E-state index contributed by atoms with van der Waals surface area (Å²) in [7, 11) is 0. The maximum Gasteiger partial charge on any atom is 0.223 e. The second-order valence-electron chi connectivity index (χ2n) is 8.22. The number of nitrogens with one attached hydrogen (secondary N) is 1. The molecule has 3 saturated carbocycles. The van der Waals surface area contributed by atoms with E-state index in [-0.39, 0.29) is 18.3 Å². The number of amides is 1. The van der Waals surface area contributed by atoms with Crippen LogP contribution in [0, 0.1) is 17.8 Å². The van der Waals surface area contributed by atoms with E-state index in [2.05, 4.69) is 26.3 Å². The van der Waals surface area contributed by atoms with Crippen LogP contribution in [0.5, 0.6) is 0 Å². The average molecular weight is 363 g/mol. The molecule has 25 heavy (non-hydrogen) atoms. The first-order valence-electron chi connectivity index (χ1n) is 9.65. The van der Waals surface area contributed by atoms with E-state index in [1.54, 1.807) is 6.33 Å². The van der Waals surface area contributed by atoms with Crippen LogP contribution in [0.3, 0.4) is 0 Å². The molecule has 1 amide bonds. The first kappa shape index (κ1) is 17.1. The second-order valence-corrected chi connectivity index (χ2v) is 8.22. The molecule has 4 fully saturated rings. The van der Waals surface area contributed by atoms with Crippen LogP contribution in [0.25, 0.3) is 0 Å². The number of aromatic nitrogens is 2. The number of carbonyl (C=O) groups is 1. The Morgan fingerprint density at radius 2 is 1.88 bits per heavy atom. The van der Waals surface area contributed by atoms with Crippen molar-refractivity contribution >= 4 is 24.1 Å². The monoisotopic (exact) mass is 362 g/mol. The summed E-state index contributed by atoms with van der Waals surface area (Å²) in [5.74, 6) is 3.67. The van der Waals surface area contributed by atoms with Crippen molar-refractivity contribution in [3.05, 3.63) is 18.1 Å². The molecule has 5 rings (SSSR count). The van der Waals surface area contributed by atoms with E-state index < -0.39 is 0 Å². The molecule has 2 atom stereocenters. The molecule has 1 saturated heterocycles. The van der Waals surface area contributed by atoms with Gasteiger partial charge in [0.1, 0.15) is 12.1 Å². The summed E-state index contributed by atoms with van der Waals surface area (Å²) in [6.45, 7) is 1.93. The maximum atomic E-state index is 12.4. The molecule has 1 aliphatic heterocycles. The lowest BCUT2D eigenvalue weighted by atomic mass is 9.84. The third kappa shape index (κ3) is 3.48. The molecule has 5 nitrogen and oxygen atoms in total. The summed E-state index contributed by atoms with van der Waals surface area (Å²) < 4.78 is 0. The van der Waals surface area contributed by atoms with Crippen molar-refractivity contribution in [2.75, 3.05) is 18.0 Å². The molecule has 1 N–H and O–H groups in total. The molecule has 1 aromatic rings. The summed E-state index contributed by atoms with van der Waals surface area (Å²) in [5.41, 5.74) is 1.20. The quantitative estimate of drug-likeness (QED) is 0.875. The van der Waals surface area contributed by atoms with Crippen molar-refractivity contribution in [1.29, 1.82) is 0 Å². The van der Waals surface area contributed by atoms with Crippen molar-refractivity contribution in [3.63, 3.8) is 0 Å². The Morgan fingerprint density at radius 1 is 1.08 bits per heavy atom. The highest BCUT2D eigenvalue weighted by Crippen LogP contribution is 2.43. The number of hydrogen-bond acceptors (Lipinski definition) is 4. The molecule has 1 aromatic heterocycles. The minimum atomic E-state index is 0. The fourth-order valence-electron chi connectivity index (χ4n) is 4.28. The summed E-state index contributed by atoms with van der Waals surface area (Å²) in [4.78, 5) is 23.8. The zero-order valence-corrected chi connectivity index (χ0v) is 15.4. The molecule has 0 unspecified atom stereocenters. The lowest BCUT2D eigenvalue weighted by Gasteiger charge is -2.27. The zero-order valence-electron chi connectivity index (χ0n) is 14.6. The van der Waals surface area contributed by atoms with E-state index in [9.17, 15) is 4.79 Å². The van der Waals surface area contributed by atoms with Gasteiger partial charge in [-0.05, 0) is 44.4 Å². The Balaban J connectivity index is 0.00000157. The van der Waals surface area contributed by atoms with E-state index in [4.69, 9.17) is 0 Å². The highest BCUT2D eigenvalue weighted by Gasteiger charge is 2.44. The molecule has 0 bridgehead atoms. The lowest BCUT2D eigenvalue weighted by Crippen LogP contribution is -2.45. The standard InChI is InChI=1S/C19H26N4O.ClH/c24-19(14-2-1-3-14)22-17-10-23(9-15(17)12-4-5-12)18-8-16(13-6-7-13)20-11-21-18;/h8,11-15,17H,1-7,9-10H2,(H,22,24);1H/t15-,17+;/m1./s1. The number of anilines is 1. The van der Waals surface area contributed by atoms with Gasteiger partial charge in [-0.25, -0.2) is 9.97 Å². The van der Waals surface area contributed by atoms with E-state index in [0.717, 1.165) is 37.7 Å². The molecular formula is C19H27ClN4O. The van der Waals surface area contributed by atoms with Gasteiger partial charge in [-0.2, -0.15) is 0 Å². The predicted octanol–water partition coefficient (Wildman–Crippen LogP) is 2.91. The Labute approximate surface area is 155 Å². The van der Waals surface area contributed by atoms with Gasteiger partial charge in [0.05, 0.1) is 6.04 Å². The summed E-state index contributed by atoms with van der Waals surface area (Å²) in [6, 6.07) is 2.47. The van der Waals surface area contributed by atoms with E-state index in [1.807, 2.05) is 0 Å². The molecular weight excluding hydrogens is 336 g/mol. The van der Waals surface area contributed by atoms with Crippen molar-refractivity contribution in [2.24, 2.45) is 17.8 Å². The smallest absolute Gasteiger partial charge is 0.223 e. The largest absolute Gasteiger partial charge is 0.354 e. The number of hydrogen-bond donors (Lipinski definition) is 1. The van der Waals surface area contributed by atoms with Gasteiger partial charge in [0.25, 0.3) is 0 Å². The third-order valence-electron chi connectivity index (χ3n) is 6.39. The van der Waals surface area contributed by atoms with Gasteiger partial charge in [-0.3, -0.25) is 4.79 Å². The zero-order chi connectivity index (χ0) is 16.1. The van der Waals surface area contributed by atoms with Crippen LogP contribution in [0.15, 0.2) is 12.4 Å². The van der Waals surface area contributed by atoms with Crippen molar-refractivity contribution in [1.82, 2.24) is 15.3 Å². The number of halogens is 1. The maximum absolute atomic E-state index is 12.4. The minimum Gasteiger partial charge on any atom is -0.354 e. The summed E-state index contributed by atoms with van der Waals surface area (Å²) in [5, 5.41) is 3.38. The van der Waals surface area contributed by atoms with Crippen LogP contribution in [0.4, 0.5) is 5.82 Å². The minimum absolute atomic E-state index is 0. The predicted molar refractivity (Wildman–Crippen MR) is 99.0 cm³/mol. The summed E-state index contributed by atoms with van der Waals surface area (Å²) >= 11 is 0. The van der Waals surface area contributed by atoms with Crippen molar-refractivity contribution in [3.8, 4) is 0 Å². The number of rotatable bonds is 5. The van der Waals surface area contributed by atoms with E-state index >= 15 is 0 Å². The van der Waals surface area contributed by atoms with E-state index in [0.29, 0.717) is 23.8 Å². The normalized spacial score (nSPS) is 29.0. The highest BCUT2D eigenvalue weighted by molar-refractivity contribution is 5.85.